The molecule has 5 nitrogen and oxygen atoms in total. The standard InChI is InChI=1S/C8H11BrClNO4S2/c1-8(13,4-12)3-11-17(14,15)6-2-5(10)7(9)16-6/h2,11-13H,3-4H2,1H3. The van der Waals surface area contributed by atoms with Crippen molar-refractivity contribution >= 4 is 48.9 Å². The van der Waals surface area contributed by atoms with Gasteiger partial charge in [0.05, 0.1) is 21.0 Å². The predicted molar refractivity (Wildman–Crippen MR) is 69.9 cm³/mol. The molecule has 1 aromatic heterocycles. The Morgan fingerprint density at radius 2 is 2.24 bits per heavy atom. The van der Waals surface area contributed by atoms with E-state index in [0.717, 1.165) is 11.3 Å². The quantitative estimate of drug-likeness (QED) is 0.732. The van der Waals surface area contributed by atoms with Crippen LogP contribution in [0.4, 0.5) is 0 Å². The molecule has 0 saturated heterocycles. The Bertz CT molecular complexity index is 480. The van der Waals surface area contributed by atoms with Gasteiger partial charge >= 0.3 is 0 Å². The highest BCUT2D eigenvalue weighted by Gasteiger charge is 2.25. The van der Waals surface area contributed by atoms with Gasteiger partial charge < -0.3 is 10.2 Å². The van der Waals surface area contributed by atoms with Crippen LogP contribution in [0, 0.1) is 0 Å². The normalized spacial score (nSPS) is 15.8. The second-order valence-electron chi connectivity index (χ2n) is 3.67. The van der Waals surface area contributed by atoms with Gasteiger partial charge in [-0.25, -0.2) is 13.1 Å². The van der Waals surface area contributed by atoms with E-state index in [1.165, 1.54) is 13.0 Å². The summed E-state index contributed by atoms with van der Waals surface area (Å²) in [6.07, 6.45) is 0. The number of rotatable bonds is 5. The Labute approximate surface area is 117 Å². The number of aliphatic hydroxyl groups excluding tert-OH is 1. The number of halogens is 2. The SMILES string of the molecule is CC(O)(CO)CNS(=O)(=O)c1cc(Cl)c(Br)s1. The summed E-state index contributed by atoms with van der Waals surface area (Å²) in [5, 5.41) is 18.6. The molecule has 0 saturated carbocycles. The first-order chi connectivity index (χ1) is 7.68. The Morgan fingerprint density at radius 3 is 2.65 bits per heavy atom. The third kappa shape index (κ3) is 4.16. The van der Waals surface area contributed by atoms with Crippen LogP contribution in [0.1, 0.15) is 6.92 Å². The Morgan fingerprint density at radius 1 is 1.65 bits per heavy atom. The molecule has 17 heavy (non-hydrogen) atoms. The van der Waals surface area contributed by atoms with E-state index in [1.54, 1.807) is 0 Å². The number of hydrogen-bond acceptors (Lipinski definition) is 5. The molecule has 1 atom stereocenters. The largest absolute Gasteiger partial charge is 0.393 e. The van der Waals surface area contributed by atoms with E-state index in [0.29, 0.717) is 8.81 Å². The molecule has 1 aromatic rings. The van der Waals surface area contributed by atoms with Crippen molar-refractivity contribution < 1.29 is 18.6 Å². The zero-order valence-electron chi connectivity index (χ0n) is 8.77. The third-order valence-electron chi connectivity index (χ3n) is 1.87. The highest BCUT2D eigenvalue weighted by molar-refractivity contribution is 9.11. The van der Waals surface area contributed by atoms with Crippen LogP contribution in [0.3, 0.4) is 0 Å². The molecule has 0 amide bonds. The number of hydrogen-bond donors (Lipinski definition) is 3. The average molecular weight is 365 g/mol. The van der Waals surface area contributed by atoms with Crippen LogP contribution in [0.25, 0.3) is 0 Å². The van der Waals surface area contributed by atoms with Crippen LogP contribution in [-0.4, -0.2) is 37.4 Å². The summed E-state index contributed by atoms with van der Waals surface area (Å²) < 4.78 is 26.3. The summed E-state index contributed by atoms with van der Waals surface area (Å²) in [4.78, 5) is 0. The molecular weight excluding hydrogens is 354 g/mol. The summed E-state index contributed by atoms with van der Waals surface area (Å²) in [6.45, 7) is 0.510. The van der Waals surface area contributed by atoms with Crippen LogP contribution >= 0.6 is 38.9 Å². The molecule has 98 valence electrons. The topological polar surface area (TPSA) is 86.6 Å². The fourth-order valence-electron chi connectivity index (χ4n) is 0.837. The van der Waals surface area contributed by atoms with Gasteiger partial charge in [-0.1, -0.05) is 11.6 Å². The van der Waals surface area contributed by atoms with Gasteiger partial charge in [0.2, 0.25) is 10.0 Å². The average Bonchev–Trinajstić information content (AvgIpc) is 2.58. The molecule has 3 N–H and O–H groups in total. The van der Waals surface area contributed by atoms with Crippen molar-refractivity contribution in [3.63, 3.8) is 0 Å². The number of sulfonamides is 1. The van der Waals surface area contributed by atoms with E-state index in [9.17, 15) is 13.5 Å². The van der Waals surface area contributed by atoms with Gasteiger partial charge in [0.1, 0.15) is 4.21 Å². The summed E-state index contributed by atoms with van der Waals surface area (Å²) in [7, 11) is -3.72. The maximum absolute atomic E-state index is 11.8. The molecule has 0 aliphatic rings. The minimum Gasteiger partial charge on any atom is -0.393 e. The molecule has 1 rings (SSSR count). The van der Waals surface area contributed by atoms with Gasteiger partial charge in [-0.2, -0.15) is 0 Å². The maximum Gasteiger partial charge on any atom is 0.250 e. The van der Waals surface area contributed by atoms with E-state index in [2.05, 4.69) is 20.7 Å². The van der Waals surface area contributed by atoms with Crippen molar-refractivity contribution in [2.75, 3.05) is 13.2 Å². The van der Waals surface area contributed by atoms with Gasteiger partial charge in [-0.15, -0.1) is 11.3 Å². The fourth-order valence-corrected chi connectivity index (χ4v) is 4.44. The van der Waals surface area contributed by atoms with E-state index in [1.807, 2.05) is 0 Å². The van der Waals surface area contributed by atoms with Crippen LogP contribution in [0.2, 0.25) is 5.02 Å². The fraction of sp³-hybridized carbons (Fsp3) is 0.500. The number of aliphatic hydroxyl groups is 2. The molecule has 9 heteroatoms. The third-order valence-corrected chi connectivity index (χ3v) is 6.22. The molecule has 1 unspecified atom stereocenters. The molecule has 0 aliphatic carbocycles. The van der Waals surface area contributed by atoms with Crippen molar-refractivity contribution in [3.05, 3.63) is 14.9 Å². The number of thiophene rings is 1. The first-order valence-corrected chi connectivity index (χ1v) is 7.93. The lowest BCUT2D eigenvalue weighted by atomic mass is 10.1. The summed E-state index contributed by atoms with van der Waals surface area (Å²) in [6, 6.07) is 1.31. The highest BCUT2D eigenvalue weighted by Crippen LogP contribution is 2.34. The van der Waals surface area contributed by atoms with E-state index in [4.69, 9.17) is 16.7 Å². The predicted octanol–water partition coefficient (Wildman–Crippen LogP) is 1.19. The minimum atomic E-state index is -3.72. The van der Waals surface area contributed by atoms with Gasteiger partial charge in [-0.3, -0.25) is 0 Å². The maximum atomic E-state index is 11.8. The molecular formula is C8H11BrClNO4S2. The van der Waals surface area contributed by atoms with Crippen molar-refractivity contribution in [2.45, 2.75) is 16.7 Å². The second-order valence-corrected chi connectivity index (χ2v) is 8.44. The molecule has 0 fully saturated rings. The summed E-state index contributed by atoms with van der Waals surface area (Å²) >= 11 is 9.82. The van der Waals surface area contributed by atoms with Crippen LogP contribution in [0.15, 0.2) is 14.1 Å². The van der Waals surface area contributed by atoms with Gasteiger partial charge in [0, 0.05) is 6.54 Å². The van der Waals surface area contributed by atoms with Crippen LogP contribution < -0.4 is 4.72 Å². The lowest BCUT2D eigenvalue weighted by molar-refractivity contribution is 0.00682. The highest BCUT2D eigenvalue weighted by atomic mass is 79.9. The lowest BCUT2D eigenvalue weighted by Gasteiger charge is -2.20. The molecule has 0 aliphatic heterocycles. The van der Waals surface area contributed by atoms with Crippen molar-refractivity contribution in [1.29, 1.82) is 0 Å². The molecule has 0 aromatic carbocycles. The van der Waals surface area contributed by atoms with Crippen molar-refractivity contribution in [1.82, 2.24) is 4.72 Å². The monoisotopic (exact) mass is 363 g/mol. The summed E-state index contributed by atoms with van der Waals surface area (Å²) in [5.41, 5.74) is -1.49. The summed E-state index contributed by atoms with van der Waals surface area (Å²) in [5.74, 6) is 0. The van der Waals surface area contributed by atoms with Gasteiger partial charge in [0.25, 0.3) is 0 Å². The van der Waals surface area contributed by atoms with Crippen LogP contribution in [-0.2, 0) is 10.0 Å². The lowest BCUT2D eigenvalue weighted by Crippen LogP contribution is -2.43. The van der Waals surface area contributed by atoms with Gasteiger partial charge in [0.15, 0.2) is 0 Å². The molecule has 0 radical (unpaired) electrons. The first kappa shape index (κ1) is 15.4. The Hall–Kier alpha value is 0.300. The second kappa shape index (κ2) is 5.52. The van der Waals surface area contributed by atoms with E-state index in [-0.39, 0.29) is 10.8 Å². The van der Waals surface area contributed by atoms with Gasteiger partial charge in [-0.05, 0) is 28.9 Å². The Balaban J connectivity index is 2.83. The Kier molecular flexibility index (Phi) is 4.98. The zero-order chi connectivity index (χ0) is 13.3. The van der Waals surface area contributed by atoms with Crippen molar-refractivity contribution in [2.24, 2.45) is 0 Å². The van der Waals surface area contributed by atoms with E-state index < -0.39 is 22.2 Å². The number of nitrogens with one attached hydrogen (secondary N) is 1. The zero-order valence-corrected chi connectivity index (χ0v) is 12.7. The molecule has 1 heterocycles. The molecule has 0 bridgehead atoms. The smallest absolute Gasteiger partial charge is 0.250 e. The molecule has 0 spiro atoms. The van der Waals surface area contributed by atoms with E-state index >= 15 is 0 Å². The minimum absolute atomic E-state index is 0.0446. The first-order valence-electron chi connectivity index (χ1n) is 4.46. The van der Waals surface area contributed by atoms with Crippen LogP contribution in [0.5, 0.6) is 0 Å². The van der Waals surface area contributed by atoms with Crippen molar-refractivity contribution in [3.8, 4) is 0 Å².